The van der Waals surface area contributed by atoms with Gasteiger partial charge in [0.1, 0.15) is 17.5 Å². The molecule has 1 aliphatic heterocycles. The van der Waals surface area contributed by atoms with Gasteiger partial charge in [0, 0.05) is 29.9 Å². The molecule has 160 valence electrons. The number of H-pyrrole nitrogens is 1. The predicted molar refractivity (Wildman–Crippen MR) is 113 cm³/mol. The van der Waals surface area contributed by atoms with Crippen molar-refractivity contribution in [2.75, 3.05) is 26.1 Å². The van der Waals surface area contributed by atoms with E-state index >= 15 is 0 Å². The molecule has 9 nitrogen and oxygen atoms in total. The molecule has 1 aromatic heterocycles. The zero-order chi connectivity index (χ0) is 22.0. The zero-order valence-electron chi connectivity index (χ0n) is 17.1. The number of rotatable bonds is 5. The number of amides is 2. The molecule has 0 saturated carbocycles. The van der Waals surface area contributed by atoms with Crippen molar-refractivity contribution in [2.45, 2.75) is 12.5 Å². The minimum Gasteiger partial charge on any atom is -0.497 e. The molecule has 0 fully saturated rings. The molecule has 9 heteroatoms. The molecule has 4 rings (SSSR count). The van der Waals surface area contributed by atoms with Gasteiger partial charge in [-0.05, 0) is 36.4 Å². The van der Waals surface area contributed by atoms with Gasteiger partial charge >= 0.3 is 12.0 Å². The van der Waals surface area contributed by atoms with Gasteiger partial charge in [-0.3, -0.25) is 0 Å². The lowest BCUT2D eigenvalue weighted by molar-refractivity contribution is 0.0697. The number of aromatic amines is 1. The zero-order valence-corrected chi connectivity index (χ0v) is 17.1. The van der Waals surface area contributed by atoms with Gasteiger partial charge < -0.3 is 29.8 Å². The molecule has 0 unspecified atom stereocenters. The van der Waals surface area contributed by atoms with Crippen molar-refractivity contribution < 1.29 is 24.2 Å². The number of ether oxygens (including phenoxy) is 2. The first-order chi connectivity index (χ1) is 15.0. The monoisotopic (exact) mass is 422 g/mol. The highest BCUT2D eigenvalue weighted by Gasteiger charge is 2.36. The number of urea groups is 1. The molecule has 3 N–H and O–H groups in total. The third-order valence-electron chi connectivity index (χ3n) is 5.28. The van der Waals surface area contributed by atoms with Crippen molar-refractivity contribution in [3.8, 4) is 11.5 Å². The van der Waals surface area contributed by atoms with Gasteiger partial charge in [-0.2, -0.15) is 0 Å². The van der Waals surface area contributed by atoms with E-state index in [9.17, 15) is 14.7 Å². The topological polar surface area (TPSA) is 117 Å². The van der Waals surface area contributed by atoms with Crippen molar-refractivity contribution in [1.82, 2.24) is 14.9 Å². The molecule has 31 heavy (non-hydrogen) atoms. The van der Waals surface area contributed by atoms with Gasteiger partial charge in [0.2, 0.25) is 0 Å². The summed E-state index contributed by atoms with van der Waals surface area (Å²) in [6.45, 7) is 0.435. The van der Waals surface area contributed by atoms with Gasteiger partial charge in [-0.25, -0.2) is 14.6 Å². The third kappa shape index (κ3) is 3.89. The first-order valence-corrected chi connectivity index (χ1v) is 9.67. The number of hydrogen-bond acceptors (Lipinski definition) is 5. The van der Waals surface area contributed by atoms with Crippen LogP contribution < -0.4 is 14.8 Å². The summed E-state index contributed by atoms with van der Waals surface area (Å²) in [6.07, 6.45) is 2.22. The Labute approximate surface area is 178 Å². The summed E-state index contributed by atoms with van der Waals surface area (Å²) in [7, 11) is 3.15. The maximum absolute atomic E-state index is 13.3. The fourth-order valence-corrected chi connectivity index (χ4v) is 3.79. The fraction of sp³-hybridized carbons (Fsp3) is 0.227. The van der Waals surface area contributed by atoms with E-state index in [-0.39, 0.29) is 11.6 Å². The van der Waals surface area contributed by atoms with E-state index in [0.29, 0.717) is 30.2 Å². The Morgan fingerprint density at radius 3 is 2.77 bits per heavy atom. The van der Waals surface area contributed by atoms with E-state index in [1.807, 2.05) is 6.07 Å². The minimum absolute atomic E-state index is 0.0945. The predicted octanol–water partition coefficient (Wildman–Crippen LogP) is 3.30. The van der Waals surface area contributed by atoms with Crippen LogP contribution in [0.5, 0.6) is 11.5 Å². The van der Waals surface area contributed by atoms with Crippen LogP contribution in [0.3, 0.4) is 0 Å². The van der Waals surface area contributed by atoms with Gasteiger partial charge in [0.05, 0.1) is 31.8 Å². The van der Waals surface area contributed by atoms with Crippen molar-refractivity contribution in [3.63, 3.8) is 0 Å². The van der Waals surface area contributed by atoms with E-state index in [0.717, 1.165) is 17.0 Å². The lowest BCUT2D eigenvalue weighted by Gasteiger charge is -2.36. The second-order valence-electron chi connectivity index (χ2n) is 7.04. The number of imidazole rings is 1. The van der Waals surface area contributed by atoms with E-state index < -0.39 is 12.0 Å². The Morgan fingerprint density at radius 2 is 2.03 bits per heavy atom. The number of carboxylic acids is 1. The van der Waals surface area contributed by atoms with Crippen LogP contribution in [0.25, 0.3) is 0 Å². The highest BCUT2D eigenvalue weighted by Crippen LogP contribution is 2.39. The summed E-state index contributed by atoms with van der Waals surface area (Å²) >= 11 is 0. The Hall–Kier alpha value is -4.01. The van der Waals surface area contributed by atoms with Crippen LogP contribution in [0.4, 0.5) is 10.5 Å². The number of nitrogens with one attached hydrogen (secondary N) is 2. The Bertz CT molecular complexity index is 1130. The summed E-state index contributed by atoms with van der Waals surface area (Å²) in [5.74, 6) is 0.175. The summed E-state index contributed by atoms with van der Waals surface area (Å²) in [5, 5.41) is 12.0. The molecule has 1 aliphatic rings. The van der Waals surface area contributed by atoms with Crippen molar-refractivity contribution in [1.29, 1.82) is 0 Å². The lowest BCUT2D eigenvalue weighted by atomic mass is 9.95. The lowest BCUT2D eigenvalue weighted by Crippen LogP contribution is -2.43. The van der Waals surface area contributed by atoms with Gasteiger partial charge in [0.25, 0.3) is 0 Å². The average Bonchev–Trinajstić information content (AvgIpc) is 3.27. The standard InChI is InChI=1S/C22H22N4O5/c1-30-15-6-7-18(31-2)16(11-15)20-19-17(23-12-24-19)8-9-26(20)22(29)25-14-5-3-4-13(10-14)21(27)28/h3-7,10-12,20H,8-9H2,1-2H3,(H,23,24)(H,25,29)(H,27,28)/t20-/m1/s1. The molecule has 1 atom stereocenters. The number of methoxy groups -OCH3 is 2. The summed E-state index contributed by atoms with van der Waals surface area (Å²) in [4.78, 5) is 33.8. The van der Waals surface area contributed by atoms with Gasteiger partial charge in [-0.15, -0.1) is 0 Å². The molecule has 0 aliphatic carbocycles. The number of anilines is 1. The second kappa shape index (κ2) is 8.39. The Kier molecular flexibility index (Phi) is 5.48. The molecule has 0 radical (unpaired) electrons. The van der Waals surface area contributed by atoms with Crippen LogP contribution in [-0.2, 0) is 6.42 Å². The smallest absolute Gasteiger partial charge is 0.335 e. The summed E-state index contributed by atoms with van der Waals surface area (Å²) < 4.78 is 10.9. The number of aromatic carboxylic acids is 1. The van der Waals surface area contributed by atoms with E-state index in [1.165, 1.54) is 12.1 Å². The minimum atomic E-state index is -1.06. The van der Waals surface area contributed by atoms with Crippen LogP contribution in [0, 0.1) is 0 Å². The number of carbonyl (C=O) groups excluding carboxylic acids is 1. The Balaban J connectivity index is 1.72. The van der Waals surface area contributed by atoms with Crippen LogP contribution in [0.15, 0.2) is 48.8 Å². The number of carbonyl (C=O) groups is 2. The number of fused-ring (bicyclic) bond motifs is 1. The second-order valence-corrected chi connectivity index (χ2v) is 7.04. The average molecular weight is 422 g/mol. The largest absolute Gasteiger partial charge is 0.497 e. The van der Waals surface area contributed by atoms with Gasteiger partial charge in [-0.1, -0.05) is 6.07 Å². The SMILES string of the molecule is COc1ccc(OC)c([C@@H]2c3nc[nH]c3CCN2C(=O)Nc2cccc(C(=O)O)c2)c1. The van der Waals surface area contributed by atoms with Crippen LogP contribution in [0.2, 0.25) is 0 Å². The first kappa shape index (κ1) is 20.3. The molecule has 2 heterocycles. The highest BCUT2D eigenvalue weighted by molar-refractivity contribution is 5.93. The fourth-order valence-electron chi connectivity index (χ4n) is 3.79. The molecule has 3 aromatic rings. The molecular formula is C22H22N4O5. The Morgan fingerprint density at radius 1 is 1.19 bits per heavy atom. The van der Waals surface area contributed by atoms with E-state index in [2.05, 4.69) is 15.3 Å². The summed E-state index contributed by atoms with van der Waals surface area (Å²) in [6, 6.07) is 10.7. The van der Waals surface area contributed by atoms with Crippen LogP contribution >= 0.6 is 0 Å². The molecule has 2 aromatic carbocycles. The van der Waals surface area contributed by atoms with Crippen LogP contribution in [0.1, 0.15) is 33.4 Å². The number of nitrogens with zero attached hydrogens (tertiary/aromatic N) is 2. The van der Waals surface area contributed by atoms with E-state index in [1.54, 1.807) is 49.7 Å². The number of carboxylic acid groups (broad SMARTS) is 1. The molecule has 0 bridgehead atoms. The molecule has 2 amide bonds. The molecule has 0 spiro atoms. The third-order valence-corrected chi connectivity index (χ3v) is 5.28. The molecular weight excluding hydrogens is 400 g/mol. The van der Waals surface area contributed by atoms with Crippen molar-refractivity contribution in [3.05, 3.63) is 71.3 Å². The van der Waals surface area contributed by atoms with Crippen LogP contribution in [-0.4, -0.2) is 52.7 Å². The number of hydrogen-bond donors (Lipinski definition) is 3. The maximum Gasteiger partial charge on any atom is 0.335 e. The van der Waals surface area contributed by atoms with Crippen molar-refractivity contribution >= 4 is 17.7 Å². The molecule has 0 saturated heterocycles. The highest BCUT2D eigenvalue weighted by atomic mass is 16.5. The van der Waals surface area contributed by atoms with E-state index in [4.69, 9.17) is 9.47 Å². The number of benzene rings is 2. The maximum atomic E-state index is 13.3. The quantitative estimate of drug-likeness (QED) is 0.581. The first-order valence-electron chi connectivity index (χ1n) is 9.67. The summed E-state index contributed by atoms with van der Waals surface area (Å²) in [5.41, 5.74) is 2.91. The van der Waals surface area contributed by atoms with Gasteiger partial charge in [0.15, 0.2) is 0 Å². The normalized spacial score (nSPS) is 15.2. The van der Waals surface area contributed by atoms with Crippen molar-refractivity contribution in [2.24, 2.45) is 0 Å². The number of aromatic nitrogens is 2.